The van der Waals surface area contributed by atoms with Crippen molar-refractivity contribution >= 4 is 17.4 Å². The van der Waals surface area contributed by atoms with Crippen LogP contribution in [0.25, 0.3) is 0 Å². The van der Waals surface area contributed by atoms with E-state index >= 15 is 0 Å². The predicted molar refractivity (Wildman–Crippen MR) is 76.8 cm³/mol. The molecule has 0 aromatic heterocycles. The molecule has 0 atom stereocenters. The minimum atomic E-state index is -0.222. The molecule has 0 aliphatic heterocycles. The first kappa shape index (κ1) is 15.8. The topological polar surface area (TPSA) is 79.9 Å². The Bertz CT molecular complexity index is 461. The molecule has 0 amide bonds. The molecule has 0 spiro atoms. The van der Waals surface area contributed by atoms with Crippen LogP contribution in [0, 0.1) is 0 Å². The summed E-state index contributed by atoms with van der Waals surface area (Å²) in [6, 6.07) is 5.29. The number of benzene rings is 1. The lowest BCUT2D eigenvalue weighted by atomic mass is 10.1. The maximum absolute atomic E-state index is 8.60. The number of rotatable bonds is 6. The number of oxime groups is 1. The summed E-state index contributed by atoms with van der Waals surface area (Å²) < 4.78 is 5.32. The third-order valence-corrected chi connectivity index (χ3v) is 3.23. The van der Waals surface area contributed by atoms with Gasteiger partial charge < -0.3 is 21.0 Å². The van der Waals surface area contributed by atoms with Crippen molar-refractivity contribution in [2.75, 3.05) is 13.7 Å². The molecule has 0 aliphatic carbocycles. The van der Waals surface area contributed by atoms with Crippen molar-refractivity contribution in [3.05, 3.63) is 34.3 Å². The van der Waals surface area contributed by atoms with Crippen LogP contribution in [0.15, 0.2) is 23.4 Å². The maximum Gasteiger partial charge on any atom is 0.170 e. The smallest absolute Gasteiger partial charge is 0.170 e. The first-order valence-corrected chi connectivity index (χ1v) is 6.29. The van der Waals surface area contributed by atoms with Crippen LogP contribution >= 0.6 is 11.6 Å². The molecule has 0 heterocycles. The van der Waals surface area contributed by atoms with Gasteiger partial charge >= 0.3 is 0 Å². The molecule has 0 aliphatic rings. The fourth-order valence-corrected chi connectivity index (χ4v) is 1.73. The Morgan fingerprint density at radius 2 is 2.21 bits per heavy atom. The summed E-state index contributed by atoms with van der Waals surface area (Å²) in [5.41, 5.74) is 6.81. The van der Waals surface area contributed by atoms with E-state index in [0.29, 0.717) is 23.7 Å². The lowest BCUT2D eigenvalue weighted by Crippen LogP contribution is -2.36. The van der Waals surface area contributed by atoms with Crippen LogP contribution in [0.3, 0.4) is 0 Å². The monoisotopic (exact) mass is 285 g/mol. The third kappa shape index (κ3) is 4.70. The lowest BCUT2D eigenvalue weighted by Gasteiger charge is -2.23. The van der Waals surface area contributed by atoms with Gasteiger partial charge in [-0.2, -0.15) is 0 Å². The van der Waals surface area contributed by atoms with Crippen molar-refractivity contribution in [1.29, 1.82) is 0 Å². The Labute approximate surface area is 118 Å². The molecule has 5 nitrogen and oxygen atoms in total. The molecule has 6 heteroatoms. The Hall–Kier alpha value is -1.30. The molecule has 0 fully saturated rings. The van der Waals surface area contributed by atoms with Gasteiger partial charge in [-0.15, -0.1) is 0 Å². The van der Waals surface area contributed by atoms with Gasteiger partial charge in [0.1, 0.15) is 0 Å². The van der Waals surface area contributed by atoms with Gasteiger partial charge in [-0.1, -0.05) is 28.9 Å². The van der Waals surface area contributed by atoms with Crippen LogP contribution in [-0.4, -0.2) is 30.3 Å². The maximum atomic E-state index is 8.60. The van der Waals surface area contributed by atoms with E-state index < -0.39 is 0 Å². The summed E-state index contributed by atoms with van der Waals surface area (Å²) >= 11 is 6.15. The van der Waals surface area contributed by atoms with Gasteiger partial charge in [-0.05, 0) is 25.5 Å². The summed E-state index contributed by atoms with van der Waals surface area (Å²) in [4.78, 5) is 0. The Morgan fingerprint density at radius 1 is 1.53 bits per heavy atom. The van der Waals surface area contributed by atoms with Gasteiger partial charge in [0.05, 0.1) is 5.60 Å². The number of hydrogen-bond acceptors (Lipinski definition) is 4. The highest BCUT2D eigenvalue weighted by atomic mass is 35.5. The Balaban J connectivity index is 2.66. The van der Waals surface area contributed by atoms with Crippen LogP contribution in [0.4, 0.5) is 0 Å². The molecule has 1 aromatic rings. The van der Waals surface area contributed by atoms with E-state index in [1.165, 1.54) is 0 Å². The molecule has 0 saturated carbocycles. The first-order valence-electron chi connectivity index (χ1n) is 5.92. The molecular formula is C13H20ClN3O2. The molecular weight excluding hydrogens is 266 g/mol. The largest absolute Gasteiger partial charge is 0.409 e. The molecule has 19 heavy (non-hydrogen) atoms. The van der Waals surface area contributed by atoms with Crippen molar-refractivity contribution in [2.24, 2.45) is 10.9 Å². The second kappa shape index (κ2) is 6.75. The summed E-state index contributed by atoms with van der Waals surface area (Å²) in [6.07, 6.45) is 0. The van der Waals surface area contributed by atoms with E-state index in [1.807, 2.05) is 19.9 Å². The van der Waals surface area contributed by atoms with Gasteiger partial charge in [0.2, 0.25) is 0 Å². The molecule has 1 aromatic carbocycles. The van der Waals surface area contributed by atoms with Crippen LogP contribution < -0.4 is 11.1 Å². The number of nitrogens with zero attached hydrogens (tertiary/aromatic N) is 1. The highest BCUT2D eigenvalue weighted by molar-refractivity contribution is 6.31. The average molecular weight is 286 g/mol. The highest BCUT2D eigenvalue weighted by Crippen LogP contribution is 2.18. The summed E-state index contributed by atoms with van der Waals surface area (Å²) in [6.45, 7) is 5.34. The van der Waals surface area contributed by atoms with Crippen molar-refractivity contribution in [2.45, 2.75) is 26.0 Å². The summed E-state index contributed by atoms with van der Waals surface area (Å²) in [5, 5.41) is 15.4. The molecule has 1 rings (SSSR count). The van der Waals surface area contributed by atoms with Gasteiger partial charge in [-0.3, -0.25) is 0 Å². The second-order valence-electron chi connectivity index (χ2n) is 4.86. The van der Waals surface area contributed by atoms with E-state index in [9.17, 15) is 0 Å². The summed E-state index contributed by atoms with van der Waals surface area (Å²) in [7, 11) is 1.68. The van der Waals surface area contributed by atoms with Crippen LogP contribution in [-0.2, 0) is 11.3 Å². The fraction of sp³-hybridized carbons (Fsp3) is 0.462. The molecule has 0 radical (unpaired) electrons. The van der Waals surface area contributed by atoms with E-state index in [-0.39, 0.29) is 11.4 Å². The predicted octanol–water partition coefficient (Wildman–Crippen LogP) is 1.95. The Morgan fingerprint density at radius 3 is 2.74 bits per heavy atom. The quantitative estimate of drug-likeness (QED) is 0.323. The van der Waals surface area contributed by atoms with E-state index in [1.54, 1.807) is 19.2 Å². The van der Waals surface area contributed by atoms with Gasteiger partial charge in [0.25, 0.3) is 0 Å². The van der Waals surface area contributed by atoms with Crippen molar-refractivity contribution < 1.29 is 9.94 Å². The second-order valence-corrected chi connectivity index (χ2v) is 5.27. The fourth-order valence-electron chi connectivity index (χ4n) is 1.48. The van der Waals surface area contributed by atoms with Gasteiger partial charge in [-0.25, -0.2) is 0 Å². The Kier molecular flexibility index (Phi) is 5.60. The SMILES string of the molecule is COC(C)(C)CNCc1ccc(/C(N)=N/O)cc1Cl. The number of ether oxygens (including phenoxy) is 1. The van der Waals surface area contributed by atoms with Gasteiger partial charge in [0.15, 0.2) is 5.84 Å². The zero-order valence-corrected chi connectivity index (χ0v) is 12.2. The van der Waals surface area contributed by atoms with E-state index in [4.69, 9.17) is 27.3 Å². The highest BCUT2D eigenvalue weighted by Gasteiger charge is 2.15. The molecule has 106 valence electrons. The van der Waals surface area contributed by atoms with Crippen LogP contribution in [0.2, 0.25) is 5.02 Å². The van der Waals surface area contributed by atoms with E-state index in [0.717, 1.165) is 5.56 Å². The lowest BCUT2D eigenvalue weighted by molar-refractivity contribution is 0.0231. The molecule has 0 unspecified atom stereocenters. The molecule has 0 saturated heterocycles. The normalized spacial score (nSPS) is 12.7. The number of nitrogens with two attached hydrogens (primary N) is 1. The zero-order chi connectivity index (χ0) is 14.5. The standard InChI is InChI=1S/C13H20ClN3O2/c1-13(2,19-3)8-16-7-10-5-4-9(6-11(10)14)12(15)17-18/h4-6,16,18H,7-8H2,1-3H3,(H2,15,17). The number of amidine groups is 1. The average Bonchev–Trinajstić information content (AvgIpc) is 2.39. The van der Waals surface area contributed by atoms with Crippen LogP contribution in [0.1, 0.15) is 25.0 Å². The molecule has 0 bridgehead atoms. The van der Waals surface area contributed by atoms with Crippen LogP contribution in [0.5, 0.6) is 0 Å². The first-order chi connectivity index (χ1) is 8.89. The molecule has 4 N–H and O–H groups in total. The third-order valence-electron chi connectivity index (χ3n) is 2.88. The van der Waals surface area contributed by atoms with Crippen molar-refractivity contribution in [3.8, 4) is 0 Å². The number of methoxy groups -OCH3 is 1. The minimum absolute atomic E-state index is 0.0434. The number of hydrogen-bond donors (Lipinski definition) is 3. The van der Waals surface area contributed by atoms with Crippen molar-refractivity contribution in [3.63, 3.8) is 0 Å². The number of halogens is 1. The van der Waals surface area contributed by atoms with E-state index in [2.05, 4.69) is 10.5 Å². The van der Waals surface area contributed by atoms with Crippen molar-refractivity contribution in [1.82, 2.24) is 5.32 Å². The number of nitrogens with one attached hydrogen (secondary N) is 1. The minimum Gasteiger partial charge on any atom is -0.409 e. The zero-order valence-electron chi connectivity index (χ0n) is 11.4. The van der Waals surface area contributed by atoms with Gasteiger partial charge in [0, 0.05) is 30.8 Å². The summed E-state index contributed by atoms with van der Waals surface area (Å²) in [5.74, 6) is 0.0434.